The van der Waals surface area contributed by atoms with E-state index in [0.29, 0.717) is 24.2 Å². The second-order valence-electron chi connectivity index (χ2n) is 8.58. The van der Waals surface area contributed by atoms with Gasteiger partial charge in [-0.15, -0.1) is 6.58 Å². The van der Waals surface area contributed by atoms with Crippen molar-refractivity contribution >= 4 is 5.91 Å². The predicted octanol–water partition coefficient (Wildman–Crippen LogP) is 4.15. The third-order valence-electron chi connectivity index (χ3n) is 6.34. The van der Waals surface area contributed by atoms with E-state index in [4.69, 9.17) is 0 Å². The number of piperazine rings is 1. The summed E-state index contributed by atoms with van der Waals surface area (Å²) in [5.41, 5.74) is 2.87. The molecule has 1 saturated heterocycles. The maximum absolute atomic E-state index is 12.5. The molecule has 0 bridgehead atoms. The Morgan fingerprint density at radius 1 is 1.16 bits per heavy atom. The third-order valence-corrected chi connectivity index (χ3v) is 6.34. The minimum Gasteiger partial charge on any atom is -0.508 e. The van der Waals surface area contributed by atoms with Gasteiger partial charge in [0.05, 0.1) is 6.04 Å². The Morgan fingerprint density at radius 3 is 2.48 bits per heavy atom. The maximum atomic E-state index is 12.5. The Balaban J connectivity index is 1.96. The van der Waals surface area contributed by atoms with Crippen molar-refractivity contribution in [3.8, 4) is 5.75 Å². The van der Waals surface area contributed by atoms with Gasteiger partial charge in [0, 0.05) is 50.9 Å². The molecule has 0 unspecified atom stereocenters. The number of amides is 1. The lowest BCUT2D eigenvalue weighted by atomic mass is 9.92. The molecule has 5 heteroatoms. The number of phenols is 1. The molecule has 5 nitrogen and oxygen atoms in total. The van der Waals surface area contributed by atoms with E-state index in [2.05, 4.69) is 48.4 Å². The van der Waals surface area contributed by atoms with Gasteiger partial charge in [0.15, 0.2) is 0 Å². The fourth-order valence-electron chi connectivity index (χ4n) is 4.45. The summed E-state index contributed by atoms with van der Waals surface area (Å²) in [7, 11) is 1.82. The molecule has 0 radical (unpaired) electrons. The van der Waals surface area contributed by atoms with Crippen LogP contribution in [0.2, 0.25) is 0 Å². The topological polar surface area (TPSA) is 47.0 Å². The average molecular weight is 422 g/mol. The summed E-state index contributed by atoms with van der Waals surface area (Å²) in [6.45, 7) is 13.8. The van der Waals surface area contributed by atoms with Crippen LogP contribution in [0.4, 0.5) is 0 Å². The van der Waals surface area contributed by atoms with Crippen LogP contribution >= 0.6 is 0 Å². The van der Waals surface area contributed by atoms with Crippen LogP contribution in [0.5, 0.6) is 5.75 Å². The number of hydrogen-bond donors (Lipinski definition) is 1. The minimum atomic E-state index is 0.00323. The van der Waals surface area contributed by atoms with Crippen molar-refractivity contribution in [2.75, 3.05) is 33.2 Å². The highest BCUT2D eigenvalue weighted by Crippen LogP contribution is 2.34. The van der Waals surface area contributed by atoms with Gasteiger partial charge in [0.2, 0.25) is 0 Å². The van der Waals surface area contributed by atoms with Gasteiger partial charge in [-0.2, -0.15) is 0 Å². The summed E-state index contributed by atoms with van der Waals surface area (Å²) < 4.78 is 0. The smallest absolute Gasteiger partial charge is 0.253 e. The zero-order valence-electron chi connectivity index (χ0n) is 19.2. The summed E-state index contributed by atoms with van der Waals surface area (Å²) in [4.78, 5) is 19.2. The molecule has 3 atom stereocenters. The first kappa shape index (κ1) is 23.0. The Hall–Kier alpha value is -2.63. The first-order valence-corrected chi connectivity index (χ1v) is 11.1. The molecule has 0 aliphatic carbocycles. The Morgan fingerprint density at radius 2 is 1.87 bits per heavy atom. The van der Waals surface area contributed by atoms with Crippen molar-refractivity contribution < 1.29 is 9.90 Å². The van der Waals surface area contributed by atoms with E-state index in [9.17, 15) is 9.90 Å². The molecule has 1 aliphatic rings. The monoisotopic (exact) mass is 421 g/mol. The van der Waals surface area contributed by atoms with Crippen LogP contribution in [0.25, 0.3) is 0 Å². The molecular weight excluding hydrogens is 386 g/mol. The number of benzene rings is 2. The van der Waals surface area contributed by atoms with Gasteiger partial charge in [-0.25, -0.2) is 0 Å². The van der Waals surface area contributed by atoms with E-state index in [1.54, 1.807) is 11.0 Å². The molecule has 0 spiro atoms. The van der Waals surface area contributed by atoms with Crippen molar-refractivity contribution in [3.05, 3.63) is 77.9 Å². The Kier molecular flexibility index (Phi) is 7.52. The molecule has 2 aromatic rings. The number of nitrogens with zero attached hydrogens (tertiary/aromatic N) is 3. The minimum absolute atomic E-state index is 0.00323. The van der Waals surface area contributed by atoms with E-state index in [0.717, 1.165) is 30.8 Å². The molecule has 1 fully saturated rings. The van der Waals surface area contributed by atoms with Crippen molar-refractivity contribution in [3.63, 3.8) is 0 Å². The van der Waals surface area contributed by atoms with E-state index in [1.165, 1.54) is 0 Å². The molecule has 2 aromatic carbocycles. The number of carbonyl (C=O) groups excluding carboxylic acids is 1. The van der Waals surface area contributed by atoms with Gasteiger partial charge in [-0.05, 0) is 56.2 Å². The second kappa shape index (κ2) is 10.1. The SMILES string of the molecule is C=CCN1C[C@@H](C)N([C@H](c2ccc(C(=O)N(C)CC)cc2)c2cccc(O)c2)C[C@@H]1C. The fourth-order valence-corrected chi connectivity index (χ4v) is 4.45. The van der Waals surface area contributed by atoms with Crippen LogP contribution in [0.3, 0.4) is 0 Å². The molecule has 0 saturated carbocycles. The highest BCUT2D eigenvalue weighted by molar-refractivity contribution is 5.94. The summed E-state index contributed by atoms with van der Waals surface area (Å²) in [6, 6.07) is 16.2. The lowest BCUT2D eigenvalue weighted by molar-refractivity contribution is 0.0306. The first-order valence-electron chi connectivity index (χ1n) is 11.1. The summed E-state index contributed by atoms with van der Waals surface area (Å²) in [6.07, 6.45) is 1.97. The van der Waals surface area contributed by atoms with Crippen molar-refractivity contribution in [1.82, 2.24) is 14.7 Å². The van der Waals surface area contributed by atoms with Crippen LogP contribution in [0, 0.1) is 0 Å². The van der Waals surface area contributed by atoms with Gasteiger partial charge in [-0.1, -0.05) is 30.3 Å². The Bertz CT molecular complexity index is 896. The molecular formula is C26H35N3O2. The largest absolute Gasteiger partial charge is 0.508 e. The third kappa shape index (κ3) is 5.17. The molecule has 1 N–H and O–H groups in total. The molecule has 1 aliphatic heterocycles. The molecule has 31 heavy (non-hydrogen) atoms. The van der Waals surface area contributed by atoms with E-state index < -0.39 is 0 Å². The lowest BCUT2D eigenvalue weighted by Crippen LogP contribution is -2.57. The van der Waals surface area contributed by atoms with Gasteiger partial charge < -0.3 is 10.0 Å². The second-order valence-corrected chi connectivity index (χ2v) is 8.58. The number of aromatic hydroxyl groups is 1. The summed E-state index contributed by atoms with van der Waals surface area (Å²) in [5.74, 6) is 0.299. The normalized spacial score (nSPS) is 20.9. The lowest BCUT2D eigenvalue weighted by Gasteiger charge is -2.47. The van der Waals surface area contributed by atoms with Gasteiger partial charge in [-0.3, -0.25) is 14.6 Å². The van der Waals surface area contributed by atoms with Crippen LogP contribution in [0.15, 0.2) is 61.2 Å². The van der Waals surface area contributed by atoms with Crippen LogP contribution in [-0.4, -0.2) is 71.0 Å². The molecule has 1 heterocycles. The summed E-state index contributed by atoms with van der Waals surface area (Å²) in [5, 5.41) is 10.2. The number of hydrogen-bond acceptors (Lipinski definition) is 4. The molecule has 1 amide bonds. The highest BCUT2D eigenvalue weighted by atomic mass is 16.3. The first-order chi connectivity index (χ1) is 14.8. The zero-order chi connectivity index (χ0) is 22.5. The quantitative estimate of drug-likeness (QED) is 0.682. The summed E-state index contributed by atoms with van der Waals surface area (Å²) >= 11 is 0. The van der Waals surface area contributed by atoms with Crippen LogP contribution < -0.4 is 0 Å². The van der Waals surface area contributed by atoms with E-state index >= 15 is 0 Å². The fraction of sp³-hybridized carbons (Fsp3) is 0.423. The average Bonchev–Trinajstić information content (AvgIpc) is 2.77. The highest BCUT2D eigenvalue weighted by Gasteiger charge is 2.34. The van der Waals surface area contributed by atoms with Crippen molar-refractivity contribution in [1.29, 1.82) is 0 Å². The number of rotatable bonds is 7. The molecule has 3 rings (SSSR count). The standard InChI is InChI=1S/C26H35N3O2/c1-6-15-28-17-20(4)29(18-19(28)3)25(23-9-8-10-24(30)16-23)21-11-13-22(14-12-21)26(31)27(5)7-2/h6,8-14,16,19-20,25,30H,1,7,15,17-18H2,2-5H3/t19-,20+,25+/m0/s1. The van der Waals surface area contributed by atoms with Crippen molar-refractivity contribution in [2.24, 2.45) is 0 Å². The number of carbonyl (C=O) groups is 1. The van der Waals surface area contributed by atoms with Gasteiger partial charge in [0.25, 0.3) is 5.91 Å². The van der Waals surface area contributed by atoms with Crippen molar-refractivity contribution in [2.45, 2.75) is 38.9 Å². The Labute approximate surface area is 186 Å². The molecule has 166 valence electrons. The van der Waals surface area contributed by atoms with Crippen LogP contribution in [0.1, 0.15) is 48.3 Å². The number of phenolic OH excluding ortho intramolecular Hbond substituents is 1. The van der Waals surface area contributed by atoms with Crippen LogP contribution in [-0.2, 0) is 0 Å². The van der Waals surface area contributed by atoms with Gasteiger partial charge in [0.1, 0.15) is 5.75 Å². The predicted molar refractivity (Wildman–Crippen MR) is 126 cm³/mol. The van der Waals surface area contributed by atoms with E-state index in [1.807, 2.05) is 44.3 Å². The molecule has 0 aromatic heterocycles. The van der Waals surface area contributed by atoms with Gasteiger partial charge >= 0.3 is 0 Å². The van der Waals surface area contributed by atoms with E-state index in [-0.39, 0.29) is 17.7 Å². The maximum Gasteiger partial charge on any atom is 0.253 e. The zero-order valence-corrected chi connectivity index (χ0v) is 19.2.